The first-order chi connectivity index (χ1) is 8.70. The van der Waals surface area contributed by atoms with Crippen molar-refractivity contribution in [3.63, 3.8) is 0 Å². The van der Waals surface area contributed by atoms with E-state index in [1.54, 1.807) is 0 Å². The molecule has 0 unspecified atom stereocenters. The normalized spacial score (nSPS) is 11.4. The molecule has 2 N–H and O–H groups in total. The van der Waals surface area contributed by atoms with Gasteiger partial charge in [-0.25, -0.2) is 0 Å². The maximum Gasteiger partial charge on any atom is 0.293 e. The van der Waals surface area contributed by atoms with Gasteiger partial charge in [0, 0.05) is 12.1 Å². The van der Waals surface area contributed by atoms with Crippen molar-refractivity contribution in [2.24, 2.45) is 0 Å². The number of anilines is 1. The third-order valence-corrected chi connectivity index (χ3v) is 3.00. The summed E-state index contributed by atoms with van der Waals surface area (Å²) < 4.78 is 11.7. The highest BCUT2D eigenvalue weighted by molar-refractivity contribution is 14.1. The molecule has 106 valence electrons. The zero-order valence-electron chi connectivity index (χ0n) is 11.1. The van der Waals surface area contributed by atoms with Crippen LogP contribution in [0.3, 0.4) is 0 Å². The average Bonchev–Trinajstić information content (AvgIpc) is 2.26. The van der Waals surface area contributed by atoms with Gasteiger partial charge in [0.15, 0.2) is 0 Å². The number of nitrogens with zero attached hydrogens (tertiary/aromatic N) is 1. The predicted octanol–water partition coefficient (Wildman–Crippen LogP) is 2.98. The van der Waals surface area contributed by atoms with Crippen LogP contribution in [0.4, 0.5) is 11.4 Å². The predicted molar refractivity (Wildman–Crippen MR) is 81.4 cm³/mol. The Balaban J connectivity index is 2.65. The van der Waals surface area contributed by atoms with Crippen molar-refractivity contribution in [1.29, 1.82) is 0 Å². The summed E-state index contributed by atoms with van der Waals surface area (Å²) >= 11 is 1.98. The molecule has 1 aromatic carbocycles. The summed E-state index contributed by atoms with van der Waals surface area (Å²) in [6, 6.07) is 2.87. The molecule has 7 heteroatoms. The van der Waals surface area contributed by atoms with E-state index in [0.29, 0.717) is 22.5 Å². The van der Waals surface area contributed by atoms with E-state index < -0.39 is 4.92 Å². The molecular formula is C12H17IN2O4. The van der Waals surface area contributed by atoms with Crippen molar-refractivity contribution in [3.8, 4) is 5.75 Å². The van der Waals surface area contributed by atoms with Gasteiger partial charge in [-0.05, 0) is 43.4 Å². The summed E-state index contributed by atoms with van der Waals surface area (Å²) in [6.07, 6.45) is 0. The minimum Gasteiger partial charge on any atom is -0.490 e. The Kier molecular flexibility index (Phi) is 5.36. The largest absolute Gasteiger partial charge is 0.490 e. The van der Waals surface area contributed by atoms with E-state index in [0.717, 1.165) is 0 Å². The second-order valence-corrected chi connectivity index (χ2v) is 6.07. The van der Waals surface area contributed by atoms with Crippen molar-refractivity contribution in [2.45, 2.75) is 26.4 Å². The molecule has 1 rings (SSSR count). The van der Waals surface area contributed by atoms with Gasteiger partial charge in [-0.1, -0.05) is 0 Å². The van der Waals surface area contributed by atoms with Crippen LogP contribution in [0.2, 0.25) is 0 Å². The zero-order chi connectivity index (χ0) is 14.6. The van der Waals surface area contributed by atoms with E-state index in [1.807, 2.05) is 43.4 Å². The first-order valence-corrected chi connectivity index (χ1v) is 6.79. The van der Waals surface area contributed by atoms with E-state index in [9.17, 15) is 10.1 Å². The fraction of sp³-hybridized carbons (Fsp3) is 0.500. The summed E-state index contributed by atoms with van der Waals surface area (Å²) in [5, 5.41) is 10.7. The monoisotopic (exact) mass is 380 g/mol. The molecule has 6 nitrogen and oxygen atoms in total. The number of nitrogens with two attached hydrogens (primary N) is 1. The third kappa shape index (κ3) is 5.19. The number of halogens is 1. The highest BCUT2D eigenvalue weighted by Gasteiger charge is 2.16. The van der Waals surface area contributed by atoms with Gasteiger partial charge in [0.05, 0.1) is 20.7 Å². The SMILES string of the molecule is CC(C)(C)OCCOc1cc(N)c([N+](=O)[O-])cc1I. The van der Waals surface area contributed by atoms with Crippen LogP contribution < -0.4 is 10.5 Å². The lowest BCUT2D eigenvalue weighted by molar-refractivity contribution is -0.384. The number of ether oxygens (including phenoxy) is 2. The Morgan fingerprint density at radius 3 is 2.53 bits per heavy atom. The number of nitro groups is 1. The smallest absolute Gasteiger partial charge is 0.293 e. The van der Waals surface area contributed by atoms with Crippen LogP contribution in [0.25, 0.3) is 0 Å². The van der Waals surface area contributed by atoms with Crippen molar-refractivity contribution < 1.29 is 14.4 Å². The maximum atomic E-state index is 10.7. The van der Waals surface area contributed by atoms with Crippen molar-refractivity contribution in [2.75, 3.05) is 18.9 Å². The Hall–Kier alpha value is -1.09. The van der Waals surface area contributed by atoms with E-state index >= 15 is 0 Å². The summed E-state index contributed by atoms with van der Waals surface area (Å²) in [4.78, 5) is 10.2. The molecule has 19 heavy (non-hydrogen) atoms. The number of nitro benzene ring substituents is 1. The molecule has 0 bridgehead atoms. The minimum atomic E-state index is -0.510. The van der Waals surface area contributed by atoms with Gasteiger partial charge in [-0.2, -0.15) is 0 Å². The van der Waals surface area contributed by atoms with E-state index in [2.05, 4.69) is 0 Å². The van der Waals surface area contributed by atoms with Gasteiger partial charge in [0.1, 0.15) is 18.0 Å². The summed E-state index contributed by atoms with van der Waals surface area (Å²) in [6.45, 7) is 6.68. The molecule has 0 aliphatic rings. The van der Waals surface area contributed by atoms with Crippen LogP contribution in [0.5, 0.6) is 5.75 Å². The Morgan fingerprint density at radius 1 is 1.37 bits per heavy atom. The molecule has 0 aliphatic heterocycles. The molecule has 0 aliphatic carbocycles. The molecule has 0 spiro atoms. The Labute approximate surface area is 125 Å². The molecule has 0 radical (unpaired) electrons. The molecular weight excluding hydrogens is 363 g/mol. The molecule has 0 heterocycles. The topological polar surface area (TPSA) is 87.6 Å². The molecule has 0 aromatic heterocycles. The van der Waals surface area contributed by atoms with Crippen LogP contribution in [-0.4, -0.2) is 23.7 Å². The highest BCUT2D eigenvalue weighted by atomic mass is 127. The van der Waals surface area contributed by atoms with E-state index in [4.69, 9.17) is 15.2 Å². The van der Waals surface area contributed by atoms with Crippen molar-refractivity contribution >= 4 is 34.0 Å². The second kappa shape index (κ2) is 6.38. The number of hydrogen-bond acceptors (Lipinski definition) is 5. The van der Waals surface area contributed by atoms with Gasteiger partial charge in [0.2, 0.25) is 0 Å². The van der Waals surface area contributed by atoms with Crippen molar-refractivity contribution in [3.05, 3.63) is 25.8 Å². The quantitative estimate of drug-likeness (QED) is 0.279. The second-order valence-electron chi connectivity index (χ2n) is 4.91. The number of benzene rings is 1. The lowest BCUT2D eigenvalue weighted by atomic mass is 10.2. The van der Waals surface area contributed by atoms with Crippen LogP contribution in [0, 0.1) is 13.7 Å². The van der Waals surface area contributed by atoms with Crippen LogP contribution in [-0.2, 0) is 4.74 Å². The molecule has 0 atom stereocenters. The van der Waals surface area contributed by atoms with Crippen LogP contribution in [0.15, 0.2) is 12.1 Å². The van der Waals surface area contributed by atoms with Crippen LogP contribution >= 0.6 is 22.6 Å². The van der Waals surface area contributed by atoms with E-state index in [-0.39, 0.29) is 17.0 Å². The number of rotatable bonds is 5. The maximum absolute atomic E-state index is 10.7. The molecule has 1 aromatic rings. The fourth-order valence-corrected chi connectivity index (χ4v) is 1.93. The first-order valence-electron chi connectivity index (χ1n) is 5.71. The van der Waals surface area contributed by atoms with Gasteiger partial charge >= 0.3 is 0 Å². The standard InChI is InChI=1S/C12H17IN2O4/c1-12(2,3)19-5-4-18-11-7-9(14)10(15(16)17)6-8(11)13/h6-7H,4-5,14H2,1-3H3. The molecule has 0 fully saturated rings. The van der Waals surface area contributed by atoms with Gasteiger partial charge in [-0.3, -0.25) is 10.1 Å². The Bertz CT molecular complexity index is 472. The van der Waals surface area contributed by atoms with Crippen molar-refractivity contribution in [1.82, 2.24) is 0 Å². The Morgan fingerprint density at radius 2 is 2.00 bits per heavy atom. The summed E-state index contributed by atoms with van der Waals surface area (Å²) in [5.74, 6) is 0.529. The van der Waals surface area contributed by atoms with Gasteiger partial charge < -0.3 is 15.2 Å². The molecule has 0 saturated heterocycles. The van der Waals surface area contributed by atoms with E-state index in [1.165, 1.54) is 12.1 Å². The third-order valence-electron chi connectivity index (χ3n) is 2.15. The first kappa shape index (κ1) is 16.0. The molecule has 0 amide bonds. The van der Waals surface area contributed by atoms with Gasteiger partial charge in [0.25, 0.3) is 5.69 Å². The van der Waals surface area contributed by atoms with Crippen LogP contribution in [0.1, 0.15) is 20.8 Å². The highest BCUT2D eigenvalue weighted by Crippen LogP contribution is 2.31. The number of hydrogen-bond donors (Lipinski definition) is 1. The zero-order valence-corrected chi connectivity index (χ0v) is 13.3. The lowest BCUT2D eigenvalue weighted by Gasteiger charge is -2.19. The van der Waals surface area contributed by atoms with Gasteiger partial charge in [-0.15, -0.1) is 0 Å². The minimum absolute atomic E-state index is 0.0946. The average molecular weight is 380 g/mol. The fourth-order valence-electron chi connectivity index (χ4n) is 1.33. The summed E-state index contributed by atoms with van der Waals surface area (Å²) in [5.41, 5.74) is 5.38. The molecule has 0 saturated carbocycles. The summed E-state index contributed by atoms with van der Waals surface area (Å²) in [7, 11) is 0. The lowest BCUT2D eigenvalue weighted by Crippen LogP contribution is -2.22. The number of nitrogen functional groups attached to an aromatic ring is 1.